The molecule has 0 saturated carbocycles. The predicted molar refractivity (Wildman–Crippen MR) is 130 cm³/mol. The maximum atomic E-state index is 13.0. The number of hydrogen-bond donors (Lipinski definition) is 1. The molecule has 2 aromatic carbocycles. The van der Waals surface area contributed by atoms with Crippen molar-refractivity contribution in [2.24, 2.45) is 17.8 Å². The molecule has 2 aromatic rings. The smallest absolute Gasteiger partial charge is 0.423 e. The van der Waals surface area contributed by atoms with Crippen LogP contribution in [-0.2, 0) is 19.1 Å². The second-order valence-electron chi connectivity index (χ2n) is 9.73. The van der Waals surface area contributed by atoms with Gasteiger partial charge in [-0.1, -0.05) is 47.6 Å². The van der Waals surface area contributed by atoms with Gasteiger partial charge in [0.2, 0.25) is 11.8 Å². The normalized spacial score (nSPS) is 26.4. The first-order valence-corrected chi connectivity index (χ1v) is 12.0. The number of imide groups is 3. The molecule has 0 spiro atoms. The lowest BCUT2D eigenvalue weighted by atomic mass is 9.70. The first-order chi connectivity index (χ1) is 16.8. The second kappa shape index (κ2) is 8.96. The number of benzene rings is 2. The average molecular weight is 476 g/mol. The number of allylic oxidation sites excluding steroid dienone is 2. The summed E-state index contributed by atoms with van der Waals surface area (Å²) < 4.78 is 10.8. The number of ether oxygens (including phenoxy) is 2. The van der Waals surface area contributed by atoms with E-state index in [1.165, 1.54) is 12.7 Å². The molecule has 2 fully saturated rings. The Kier molecular flexibility index (Phi) is 5.97. The van der Waals surface area contributed by atoms with E-state index in [9.17, 15) is 19.5 Å². The summed E-state index contributed by atoms with van der Waals surface area (Å²) in [6.07, 6.45) is 3.14. The Morgan fingerprint density at radius 2 is 1.89 bits per heavy atom. The number of nitrogens with zero attached hydrogens (tertiary/aromatic N) is 1. The van der Waals surface area contributed by atoms with E-state index < -0.39 is 29.7 Å². The van der Waals surface area contributed by atoms with E-state index in [1.807, 2.05) is 37.3 Å². The molecule has 0 unspecified atom stereocenters. The van der Waals surface area contributed by atoms with E-state index in [0.717, 1.165) is 40.3 Å². The van der Waals surface area contributed by atoms with Gasteiger partial charge in [-0.25, -0.2) is 4.79 Å². The van der Waals surface area contributed by atoms with Gasteiger partial charge in [0.05, 0.1) is 31.7 Å². The van der Waals surface area contributed by atoms with Crippen LogP contribution in [-0.4, -0.2) is 47.7 Å². The van der Waals surface area contributed by atoms with Crippen LogP contribution in [0.25, 0.3) is 16.8 Å². The number of aromatic hydroxyl groups is 1. The Bertz CT molecular complexity index is 1290. The van der Waals surface area contributed by atoms with Crippen LogP contribution in [0.2, 0.25) is 0 Å². The fourth-order valence-electron chi connectivity index (χ4n) is 6.03. The molecule has 1 aliphatic carbocycles. The topological polar surface area (TPSA) is 93.1 Å². The number of phenolic OH excluding ortho intramolecular Hbond substituents is 1. The highest BCUT2D eigenvalue weighted by molar-refractivity contribution is 6.16. The van der Waals surface area contributed by atoms with E-state index in [0.29, 0.717) is 17.9 Å². The zero-order chi connectivity index (χ0) is 24.9. The highest BCUT2D eigenvalue weighted by Gasteiger charge is 2.58. The van der Waals surface area contributed by atoms with Crippen LogP contribution >= 0.6 is 0 Å². The van der Waals surface area contributed by atoms with E-state index in [-0.39, 0.29) is 17.8 Å². The van der Waals surface area contributed by atoms with Crippen LogP contribution in [0.5, 0.6) is 5.75 Å². The van der Waals surface area contributed by atoms with Crippen LogP contribution < -0.4 is 0 Å². The van der Waals surface area contributed by atoms with Crippen molar-refractivity contribution in [3.63, 3.8) is 0 Å². The van der Waals surface area contributed by atoms with Crippen molar-refractivity contribution in [1.29, 1.82) is 0 Å². The number of phenols is 1. The van der Waals surface area contributed by atoms with Gasteiger partial charge in [-0.2, -0.15) is 4.90 Å². The SMILES string of the molecule is COC(=O)N1C(=O)[C@@H]2[C@@H](CC(C)=C3[C@@H](CC/C(C)=C/c4ccc(O)c5ccccc45)OC[C@@H]32)C1=O. The van der Waals surface area contributed by atoms with Gasteiger partial charge in [-0.05, 0) is 55.7 Å². The molecule has 4 atom stereocenters. The molecule has 0 bridgehead atoms. The number of hydrogen-bond acceptors (Lipinski definition) is 6. The molecule has 3 amide bonds. The number of likely N-dealkylation sites (tertiary alicyclic amines) is 1. The van der Waals surface area contributed by atoms with Gasteiger partial charge < -0.3 is 14.6 Å². The molecule has 3 aliphatic rings. The van der Waals surface area contributed by atoms with E-state index in [4.69, 9.17) is 4.74 Å². The molecule has 182 valence electrons. The lowest BCUT2D eigenvalue weighted by molar-refractivity contribution is -0.137. The molecule has 7 heteroatoms. The minimum absolute atomic E-state index is 0.115. The lowest BCUT2D eigenvalue weighted by Crippen LogP contribution is -2.37. The summed E-state index contributed by atoms with van der Waals surface area (Å²) in [5.74, 6) is -1.94. The molecule has 0 aromatic heterocycles. The highest BCUT2D eigenvalue weighted by atomic mass is 16.5. The van der Waals surface area contributed by atoms with Gasteiger partial charge in [-0.3, -0.25) is 9.59 Å². The van der Waals surface area contributed by atoms with Gasteiger partial charge in [0.25, 0.3) is 0 Å². The molecule has 35 heavy (non-hydrogen) atoms. The zero-order valence-electron chi connectivity index (χ0n) is 20.1. The zero-order valence-corrected chi connectivity index (χ0v) is 20.1. The highest BCUT2D eigenvalue weighted by Crippen LogP contribution is 2.49. The van der Waals surface area contributed by atoms with Crippen LogP contribution in [0.4, 0.5) is 4.79 Å². The number of rotatable bonds is 4. The quantitative estimate of drug-likeness (QED) is 0.503. The van der Waals surface area contributed by atoms with Crippen molar-refractivity contribution < 1.29 is 29.0 Å². The second-order valence-corrected chi connectivity index (χ2v) is 9.73. The third-order valence-corrected chi connectivity index (χ3v) is 7.65. The fraction of sp³-hybridized carbons (Fsp3) is 0.393. The van der Waals surface area contributed by atoms with Gasteiger partial charge in [0, 0.05) is 11.3 Å². The number of carbonyl (C=O) groups is 3. The minimum Gasteiger partial charge on any atom is -0.507 e. The Morgan fingerprint density at radius 1 is 1.14 bits per heavy atom. The van der Waals surface area contributed by atoms with Gasteiger partial charge in [0.15, 0.2) is 0 Å². The van der Waals surface area contributed by atoms with E-state index >= 15 is 0 Å². The molecule has 2 heterocycles. The maximum absolute atomic E-state index is 13.0. The summed E-state index contributed by atoms with van der Waals surface area (Å²) in [5.41, 5.74) is 4.43. The third-order valence-electron chi connectivity index (χ3n) is 7.65. The Morgan fingerprint density at radius 3 is 2.63 bits per heavy atom. The van der Waals surface area contributed by atoms with Crippen molar-refractivity contribution in [1.82, 2.24) is 4.90 Å². The van der Waals surface area contributed by atoms with Gasteiger partial charge >= 0.3 is 6.09 Å². The Hall–Kier alpha value is -3.45. The minimum atomic E-state index is -0.911. The molecule has 5 rings (SSSR count). The van der Waals surface area contributed by atoms with Crippen LogP contribution in [0.1, 0.15) is 38.7 Å². The summed E-state index contributed by atoms with van der Waals surface area (Å²) in [6.45, 7) is 4.46. The molecule has 2 saturated heterocycles. The number of methoxy groups -OCH3 is 1. The standard InChI is InChI=1S/C28H29NO6/c1-15(12-17-9-10-22(30)19-7-5-4-6-18(17)19)8-11-23-24-16(2)13-20-25(21(24)14-35-23)27(32)29(26(20)31)28(33)34-3/h4-7,9-10,12,20-21,23,25,30H,8,11,13-14H2,1-3H3/b15-12+/t20-,21+,23-,25-/m1/s1. The summed E-state index contributed by atoms with van der Waals surface area (Å²) in [7, 11) is 1.17. The average Bonchev–Trinajstić information content (AvgIpc) is 3.38. The van der Waals surface area contributed by atoms with Crippen molar-refractivity contribution in [3.8, 4) is 5.75 Å². The first kappa shape index (κ1) is 23.3. The van der Waals surface area contributed by atoms with Gasteiger partial charge in [-0.15, -0.1) is 0 Å². The summed E-state index contributed by atoms with van der Waals surface area (Å²) in [4.78, 5) is 38.5. The maximum Gasteiger partial charge on any atom is 0.423 e. The number of carbonyl (C=O) groups excluding carboxylic acids is 3. The van der Waals surface area contributed by atoms with Crippen molar-refractivity contribution in [2.75, 3.05) is 13.7 Å². The molecular weight excluding hydrogens is 446 g/mol. The summed E-state index contributed by atoms with van der Waals surface area (Å²) in [5, 5.41) is 12.0. The first-order valence-electron chi connectivity index (χ1n) is 12.0. The van der Waals surface area contributed by atoms with Gasteiger partial charge in [0.1, 0.15) is 5.75 Å². The van der Waals surface area contributed by atoms with Crippen molar-refractivity contribution in [3.05, 3.63) is 58.7 Å². The number of amides is 3. The summed E-state index contributed by atoms with van der Waals surface area (Å²) >= 11 is 0. The Balaban J connectivity index is 1.33. The molecular formula is C28H29NO6. The Labute approximate surface area is 204 Å². The van der Waals surface area contributed by atoms with E-state index in [1.54, 1.807) is 6.07 Å². The van der Waals surface area contributed by atoms with E-state index in [2.05, 4.69) is 17.7 Å². The van der Waals surface area contributed by atoms with Crippen LogP contribution in [0, 0.1) is 17.8 Å². The van der Waals surface area contributed by atoms with Crippen LogP contribution in [0.3, 0.4) is 0 Å². The number of fused-ring (bicyclic) bond motifs is 4. The monoisotopic (exact) mass is 475 g/mol. The van der Waals surface area contributed by atoms with Crippen molar-refractivity contribution in [2.45, 2.75) is 39.2 Å². The summed E-state index contributed by atoms with van der Waals surface area (Å²) in [6, 6.07) is 11.4. The molecule has 2 aliphatic heterocycles. The molecule has 7 nitrogen and oxygen atoms in total. The van der Waals surface area contributed by atoms with Crippen molar-refractivity contribution >= 4 is 34.8 Å². The third kappa shape index (κ3) is 3.84. The molecule has 0 radical (unpaired) electrons. The predicted octanol–water partition coefficient (Wildman–Crippen LogP) is 4.83. The largest absolute Gasteiger partial charge is 0.507 e. The van der Waals surface area contributed by atoms with Crippen LogP contribution in [0.15, 0.2) is 53.1 Å². The lowest BCUT2D eigenvalue weighted by Gasteiger charge is -2.30. The fourth-order valence-corrected chi connectivity index (χ4v) is 6.03. The molecule has 1 N–H and O–H groups in total.